The molecule has 2 aromatic heterocycles. The number of anilines is 2. The Labute approximate surface area is 176 Å². The van der Waals surface area contributed by atoms with E-state index >= 15 is 0 Å². The number of pyridine rings is 1. The molecule has 3 aromatic rings. The summed E-state index contributed by atoms with van der Waals surface area (Å²) in [6, 6.07) is 11.4. The molecule has 0 saturated heterocycles. The van der Waals surface area contributed by atoms with E-state index in [4.69, 9.17) is 0 Å². The van der Waals surface area contributed by atoms with E-state index < -0.39 is 10.0 Å². The highest BCUT2D eigenvalue weighted by Crippen LogP contribution is 2.35. The lowest BCUT2D eigenvalue weighted by molar-refractivity contribution is -0.107. The lowest BCUT2D eigenvalue weighted by atomic mass is 10.0. The first-order chi connectivity index (χ1) is 14.4. The normalized spacial score (nSPS) is 14.2. The van der Waals surface area contributed by atoms with Crippen LogP contribution in [0.3, 0.4) is 0 Å². The van der Waals surface area contributed by atoms with Crippen LogP contribution in [0.1, 0.15) is 33.1 Å². The standard InChI is InChI=1S/C22H26N4O3S/c1-15(2)10-12-30(28,29)25-17-5-3-16(4-6-17)20-13-21(26(14-27)18-7-8-18)24-22-19(20)9-11-23-22/h3-6,9,11,13-15,18,25H,7-8,10,12H2,1-2H3,(H,23,24). The molecule has 1 amide bonds. The molecule has 1 saturated carbocycles. The summed E-state index contributed by atoms with van der Waals surface area (Å²) in [4.78, 5) is 21.0. The topological polar surface area (TPSA) is 95.2 Å². The van der Waals surface area contributed by atoms with E-state index in [-0.39, 0.29) is 11.8 Å². The smallest absolute Gasteiger partial charge is 0.232 e. The van der Waals surface area contributed by atoms with E-state index in [0.717, 1.165) is 35.8 Å². The van der Waals surface area contributed by atoms with Gasteiger partial charge in [-0.1, -0.05) is 26.0 Å². The number of aromatic nitrogens is 2. The van der Waals surface area contributed by atoms with E-state index in [0.29, 0.717) is 29.5 Å². The van der Waals surface area contributed by atoms with Crippen molar-refractivity contribution in [1.82, 2.24) is 9.97 Å². The van der Waals surface area contributed by atoms with E-state index in [1.807, 2.05) is 44.3 Å². The van der Waals surface area contributed by atoms with Gasteiger partial charge in [0, 0.05) is 23.3 Å². The third kappa shape index (κ3) is 4.48. The van der Waals surface area contributed by atoms with Gasteiger partial charge in [-0.3, -0.25) is 14.4 Å². The summed E-state index contributed by atoms with van der Waals surface area (Å²) in [7, 11) is -3.37. The molecule has 0 spiro atoms. The molecule has 30 heavy (non-hydrogen) atoms. The van der Waals surface area contributed by atoms with Crippen LogP contribution in [-0.2, 0) is 14.8 Å². The lowest BCUT2D eigenvalue weighted by Gasteiger charge is -2.17. The summed E-state index contributed by atoms with van der Waals surface area (Å²) in [6.45, 7) is 4.01. The summed E-state index contributed by atoms with van der Waals surface area (Å²) in [5, 5.41) is 0.950. The summed E-state index contributed by atoms with van der Waals surface area (Å²) in [5.41, 5.74) is 3.12. The van der Waals surface area contributed by atoms with Crippen LogP contribution in [0.25, 0.3) is 22.2 Å². The van der Waals surface area contributed by atoms with Crippen molar-refractivity contribution in [1.29, 1.82) is 0 Å². The molecule has 0 bridgehead atoms. The van der Waals surface area contributed by atoms with E-state index in [1.54, 1.807) is 17.0 Å². The van der Waals surface area contributed by atoms with Gasteiger partial charge in [-0.05, 0) is 60.6 Å². The minimum Gasteiger partial charge on any atom is -0.346 e. The van der Waals surface area contributed by atoms with Crippen LogP contribution < -0.4 is 9.62 Å². The molecule has 158 valence electrons. The first kappa shape index (κ1) is 20.4. The predicted molar refractivity (Wildman–Crippen MR) is 120 cm³/mol. The fourth-order valence-corrected chi connectivity index (χ4v) is 4.79. The van der Waals surface area contributed by atoms with Crippen molar-refractivity contribution >= 4 is 39.0 Å². The van der Waals surface area contributed by atoms with Gasteiger partial charge in [0.2, 0.25) is 16.4 Å². The number of sulfonamides is 1. The largest absolute Gasteiger partial charge is 0.346 e. The number of carbonyl (C=O) groups excluding carboxylic acids is 1. The number of amides is 1. The van der Waals surface area contributed by atoms with Crippen molar-refractivity contribution in [3.63, 3.8) is 0 Å². The number of fused-ring (bicyclic) bond motifs is 1. The molecule has 0 unspecified atom stereocenters. The van der Waals surface area contributed by atoms with Gasteiger partial charge in [-0.25, -0.2) is 13.4 Å². The van der Waals surface area contributed by atoms with E-state index in [2.05, 4.69) is 14.7 Å². The zero-order valence-corrected chi connectivity index (χ0v) is 17.9. The molecule has 1 aliphatic carbocycles. The van der Waals surface area contributed by atoms with Crippen molar-refractivity contribution in [3.05, 3.63) is 42.6 Å². The summed E-state index contributed by atoms with van der Waals surface area (Å²) in [6.07, 6.45) is 5.26. The Kier molecular flexibility index (Phi) is 5.51. The Morgan fingerprint density at radius 2 is 1.97 bits per heavy atom. The first-order valence-electron chi connectivity index (χ1n) is 10.2. The highest BCUT2D eigenvalue weighted by molar-refractivity contribution is 7.92. The maximum Gasteiger partial charge on any atom is 0.232 e. The number of nitrogens with one attached hydrogen (secondary N) is 2. The highest BCUT2D eigenvalue weighted by atomic mass is 32.2. The average molecular weight is 427 g/mol. The minimum atomic E-state index is -3.37. The molecule has 1 aromatic carbocycles. The number of H-pyrrole nitrogens is 1. The Bertz CT molecular complexity index is 1150. The van der Waals surface area contributed by atoms with Gasteiger partial charge in [0.05, 0.1) is 5.75 Å². The SMILES string of the molecule is CC(C)CCS(=O)(=O)Nc1ccc(-c2cc(N(C=O)C3CC3)nc3[nH]ccc23)cc1. The molecule has 0 aliphatic heterocycles. The molecule has 8 heteroatoms. The van der Waals surface area contributed by atoms with Gasteiger partial charge in [0.1, 0.15) is 11.5 Å². The Hall–Kier alpha value is -2.87. The van der Waals surface area contributed by atoms with E-state index in [1.165, 1.54) is 0 Å². The van der Waals surface area contributed by atoms with Crippen molar-refractivity contribution in [2.75, 3.05) is 15.4 Å². The number of benzene rings is 1. The Balaban J connectivity index is 1.62. The summed E-state index contributed by atoms with van der Waals surface area (Å²) >= 11 is 0. The number of hydrogen-bond acceptors (Lipinski definition) is 4. The highest BCUT2D eigenvalue weighted by Gasteiger charge is 2.30. The molecule has 1 fully saturated rings. The van der Waals surface area contributed by atoms with Gasteiger partial charge in [0.25, 0.3) is 0 Å². The molecule has 4 rings (SSSR count). The zero-order chi connectivity index (χ0) is 21.3. The Morgan fingerprint density at radius 3 is 2.60 bits per heavy atom. The number of carbonyl (C=O) groups is 1. The first-order valence-corrected chi connectivity index (χ1v) is 11.8. The third-order valence-corrected chi connectivity index (χ3v) is 6.59. The number of hydrogen-bond donors (Lipinski definition) is 2. The maximum atomic E-state index is 12.3. The van der Waals surface area contributed by atoms with Crippen LogP contribution in [0, 0.1) is 5.92 Å². The molecule has 0 atom stereocenters. The summed E-state index contributed by atoms with van der Waals surface area (Å²) in [5.74, 6) is 1.05. The summed E-state index contributed by atoms with van der Waals surface area (Å²) < 4.78 is 27.2. The van der Waals surface area contributed by atoms with Crippen LogP contribution in [0.4, 0.5) is 11.5 Å². The second-order valence-electron chi connectivity index (χ2n) is 8.19. The molecular weight excluding hydrogens is 400 g/mol. The van der Waals surface area contributed by atoms with E-state index in [9.17, 15) is 13.2 Å². The second-order valence-corrected chi connectivity index (χ2v) is 10.0. The monoisotopic (exact) mass is 426 g/mol. The quantitative estimate of drug-likeness (QED) is 0.503. The van der Waals surface area contributed by atoms with Crippen molar-refractivity contribution in [2.24, 2.45) is 5.92 Å². The van der Waals surface area contributed by atoms with Crippen molar-refractivity contribution < 1.29 is 13.2 Å². The third-order valence-electron chi connectivity index (χ3n) is 5.27. The van der Waals surface area contributed by atoms with Gasteiger partial charge in [0.15, 0.2) is 0 Å². The number of rotatable bonds is 9. The molecule has 2 N–H and O–H groups in total. The molecular formula is C22H26N4O3S. The molecule has 7 nitrogen and oxygen atoms in total. The zero-order valence-electron chi connectivity index (χ0n) is 17.1. The van der Waals surface area contributed by atoms with Gasteiger partial charge >= 0.3 is 0 Å². The number of nitrogens with zero attached hydrogens (tertiary/aromatic N) is 2. The molecule has 1 aliphatic rings. The van der Waals surface area contributed by atoms with Crippen LogP contribution >= 0.6 is 0 Å². The van der Waals surface area contributed by atoms with Crippen molar-refractivity contribution in [2.45, 2.75) is 39.2 Å². The van der Waals surface area contributed by atoms with Crippen LogP contribution in [0.15, 0.2) is 42.6 Å². The van der Waals surface area contributed by atoms with Crippen LogP contribution in [0.2, 0.25) is 0 Å². The second kappa shape index (κ2) is 8.10. The van der Waals surface area contributed by atoms with Gasteiger partial charge in [-0.15, -0.1) is 0 Å². The predicted octanol–water partition coefficient (Wildman–Crippen LogP) is 4.14. The fourth-order valence-electron chi connectivity index (χ4n) is 3.41. The number of aromatic amines is 1. The van der Waals surface area contributed by atoms with Crippen LogP contribution in [0.5, 0.6) is 0 Å². The maximum absolute atomic E-state index is 12.3. The van der Waals surface area contributed by atoms with Gasteiger partial charge in [-0.2, -0.15) is 0 Å². The fraction of sp³-hybridized carbons (Fsp3) is 0.364. The molecule has 0 radical (unpaired) electrons. The minimum absolute atomic E-state index is 0.104. The van der Waals surface area contributed by atoms with Gasteiger partial charge < -0.3 is 4.98 Å². The van der Waals surface area contributed by atoms with Crippen molar-refractivity contribution in [3.8, 4) is 11.1 Å². The lowest BCUT2D eigenvalue weighted by Crippen LogP contribution is -2.24. The van der Waals surface area contributed by atoms with Crippen LogP contribution in [-0.4, -0.2) is 36.6 Å². The Morgan fingerprint density at radius 1 is 1.23 bits per heavy atom. The molecule has 2 heterocycles. The average Bonchev–Trinajstić information content (AvgIpc) is 3.43.